The maximum atomic E-state index is 12.9. The van der Waals surface area contributed by atoms with E-state index in [-0.39, 0.29) is 22.7 Å². The first-order valence-electron chi connectivity index (χ1n) is 11.1. The van der Waals surface area contributed by atoms with Gasteiger partial charge in [0.05, 0.1) is 16.7 Å². The summed E-state index contributed by atoms with van der Waals surface area (Å²) in [5, 5.41) is 0. The third-order valence-electron chi connectivity index (χ3n) is 5.48. The highest BCUT2D eigenvalue weighted by Crippen LogP contribution is 2.29. The van der Waals surface area contributed by atoms with E-state index in [1.807, 2.05) is 0 Å². The number of rotatable bonds is 8. The molecule has 3 aromatic rings. The zero-order valence-corrected chi connectivity index (χ0v) is 19.8. The Morgan fingerprint density at radius 3 is 1.56 bits per heavy atom. The highest BCUT2D eigenvalue weighted by molar-refractivity contribution is 7.80. The van der Waals surface area contributed by atoms with E-state index < -0.39 is 42.3 Å². The minimum Gasteiger partial charge on any atom is -0.459 e. The number of hydrogen-bond acceptors (Lipinski definition) is 8. The van der Waals surface area contributed by atoms with Crippen molar-refractivity contribution in [3.05, 3.63) is 108 Å². The number of benzene rings is 3. The molecule has 1 heterocycles. The zero-order valence-electron chi connectivity index (χ0n) is 19.0. The van der Waals surface area contributed by atoms with Gasteiger partial charge in [0.25, 0.3) is 0 Å². The second kappa shape index (κ2) is 11.6. The standard InChI is InChI=1S/C27H23NO7S/c28-24(36)23-22(35-27(31)19-14-8-3-9-15-19)21(34-26(30)18-12-6-2-7-13-18)20(33-23)16-32-25(29)17-10-4-1-5-11-17/h1-15,20-23H,16H2,(H2,28,36)/t20-,21+,22-,23-/m1/s1. The molecule has 8 nitrogen and oxygen atoms in total. The first-order valence-corrected chi connectivity index (χ1v) is 11.5. The number of esters is 3. The van der Waals surface area contributed by atoms with Crippen molar-refractivity contribution in [2.24, 2.45) is 5.73 Å². The summed E-state index contributed by atoms with van der Waals surface area (Å²) in [6, 6.07) is 25.0. The van der Waals surface area contributed by atoms with Crippen molar-refractivity contribution in [2.75, 3.05) is 6.61 Å². The Hall–Kier alpha value is -4.08. The molecular formula is C27H23NO7S. The van der Waals surface area contributed by atoms with Gasteiger partial charge in [-0.05, 0) is 36.4 Å². The average molecular weight is 506 g/mol. The number of ether oxygens (including phenoxy) is 4. The summed E-state index contributed by atoms with van der Waals surface area (Å²) in [6.45, 7) is -0.293. The topological polar surface area (TPSA) is 114 Å². The van der Waals surface area contributed by atoms with Gasteiger partial charge in [-0.3, -0.25) is 0 Å². The van der Waals surface area contributed by atoms with Crippen LogP contribution in [0.15, 0.2) is 91.0 Å². The van der Waals surface area contributed by atoms with Crippen LogP contribution in [0.5, 0.6) is 0 Å². The molecule has 0 aromatic heterocycles. The lowest BCUT2D eigenvalue weighted by Crippen LogP contribution is -2.44. The molecule has 0 aliphatic carbocycles. The molecule has 0 amide bonds. The number of carbonyl (C=O) groups excluding carboxylic acids is 3. The third kappa shape index (κ3) is 5.94. The highest BCUT2D eigenvalue weighted by Gasteiger charge is 2.51. The first kappa shape index (κ1) is 25.0. The molecule has 0 radical (unpaired) electrons. The van der Waals surface area contributed by atoms with Crippen LogP contribution in [0, 0.1) is 0 Å². The van der Waals surface area contributed by atoms with E-state index in [4.69, 9.17) is 36.9 Å². The molecule has 1 aliphatic heterocycles. The number of nitrogens with two attached hydrogens (primary N) is 1. The van der Waals surface area contributed by atoms with Gasteiger partial charge in [-0.15, -0.1) is 0 Å². The lowest BCUT2D eigenvalue weighted by atomic mass is 10.1. The Morgan fingerprint density at radius 2 is 1.11 bits per heavy atom. The zero-order chi connectivity index (χ0) is 25.5. The van der Waals surface area contributed by atoms with Crippen LogP contribution in [-0.2, 0) is 18.9 Å². The molecule has 2 N–H and O–H groups in total. The summed E-state index contributed by atoms with van der Waals surface area (Å²) in [7, 11) is 0. The summed E-state index contributed by atoms with van der Waals surface area (Å²) in [5.41, 5.74) is 6.79. The molecule has 1 saturated heterocycles. The van der Waals surface area contributed by atoms with E-state index >= 15 is 0 Å². The number of thiocarbonyl (C=S) groups is 1. The molecule has 4 atom stereocenters. The largest absolute Gasteiger partial charge is 0.459 e. The summed E-state index contributed by atoms with van der Waals surface area (Å²) >= 11 is 5.14. The molecule has 0 spiro atoms. The summed E-state index contributed by atoms with van der Waals surface area (Å²) in [6.07, 6.45) is -4.38. The van der Waals surface area contributed by atoms with Gasteiger partial charge in [0.1, 0.15) is 23.8 Å². The van der Waals surface area contributed by atoms with Gasteiger partial charge < -0.3 is 24.7 Å². The molecule has 184 valence electrons. The van der Waals surface area contributed by atoms with Gasteiger partial charge in [0.15, 0.2) is 12.2 Å². The monoisotopic (exact) mass is 505 g/mol. The SMILES string of the molecule is NC(=S)[C@@H]1O[C@H](COC(=O)c2ccccc2)[C@H](OC(=O)c2ccccc2)[C@H]1OC(=O)c1ccccc1. The Morgan fingerprint density at radius 1 is 0.694 bits per heavy atom. The number of carbonyl (C=O) groups is 3. The summed E-state index contributed by atoms with van der Waals surface area (Å²) < 4.78 is 22.7. The lowest BCUT2D eigenvalue weighted by Gasteiger charge is -2.24. The molecule has 1 aliphatic rings. The van der Waals surface area contributed by atoms with E-state index in [1.165, 1.54) is 0 Å². The molecule has 0 unspecified atom stereocenters. The van der Waals surface area contributed by atoms with Crippen molar-refractivity contribution in [1.29, 1.82) is 0 Å². The maximum Gasteiger partial charge on any atom is 0.338 e. The van der Waals surface area contributed by atoms with Crippen LogP contribution in [-0.4, -0.2) is 53.9 Å². The second-order valence-electron chi connectivity index (χ2n) is 7.93. The maximum absolute atomic E-state index is 12.9. The van der Waals surface area contributed by atoms with Crippen molar-refractivity contribution < 1.29 is 33.3 Å². The van der Waals surface area contributed by atoms with Crippen molar-refractivity contribution in [1.82, 2.24) is 0 Å². The summed E-state index contributed by atoms with van der Waals surface area (Å²) in [4.78, 5) is 38.1. The Kier molecular flexibility index (Phi) is 8.04. The fourth-order valence-corrected chi connectivity index (χ4v) is 3.90. The van der Waals surface area contributed by atoms with Crippen molar-refractivity contribution in [2.45, 2.75) is 24.4 Å². The molecule has 3 aromatic carbocycles. The van der Waals surface area contributed by atoms with E-state index in [0.717, 1.165) is 0 Å². The Balaban J connectivity index is 1.58. The van der Waals surface area contributed by atoms with Crippen LogP contribution in [0.2, 0.25) is 0 Å². The van der Waals surface area contributed by atoms with E-state index in [0.29, 0.717) is 5.56 Å². The fraction of sp³-hybridized carbons (Fsp3) is 0.185. The Bertz CT molecular complexity index is 1220. The minimum atomic E-state index is -1.16. The quantitative estimate of drug-likeness (QED) is 0.280. The normalized spacial score (nSPS) is 20.8. The van der Waals surface area contributed by atoms with Gasteiger partial charge >= 0.3 is 17.9 Å². The molecule has 4 rings (SSSR count). The third-order valence-corrected chi connectivity index (χ3v) is 5.72. The van der Waals surface area contributed by atoms with E-state index in [1.54, 1.807) is 91.0 Å². The van der Waals surface area contributed by atoms with Crippen molar-refractivity contribution in [3.8, 4) is 0 Å². The van der Waals surface area contributed by atoms with Gasteiger partial charge in [-0.1, -0.05) is 66.8 Å². The van der Waals surface area contributed by atoms with Crippen LogP contribution in [0.1, 0.15) is 31.1 Å². The molecule has 0 bridgehead atoms. The van der Waals surface area contributed by atoms with Gasteiger partial charge in [-0.25, -0.2) is 14.4 Å². The second-order valence-corrected chi connectivity index (χ2v) is 8.41. The van der Waals surface area contributed by atoms with Gasteiger partial charge in [0.2, 0.25) is 0 Å². The van der Waals surface area contributed by atoms with Crippen molar-refractivity contribution >= 4 is 35.1 Å². The Labute approximate surface area is 212 Å². The average Bonchev–Trinajstić information content (AvgIpc) is 3.25. The van der Waals surface area contributed by atoms with Crippen LogP contribution < -0.4 is 5.73 Å². The van der Waals surface area contributed by atoms with E-state index in [9.17, 15) is 14.4 Å². The van der Waals surface area contributed by atoms with Crippen LogP contribution in [0.4, 0.5) is 0 Å². The smallest absolute Gasteiger partial charge is 0.338 e. The molecule has 9 heteroatoms. The van der Waals surface area contributed by atoms with E-state index in [2.05, 4.69) is 0 Å². The van der Waals surface area contributed by atoms with Crippen molar-refractivity contribution in [3.63, 3.8) is 0 Å². The van der Waals surface area contributed by atoms with Crippen LogP contribution in [0.3, 0.4) is 0 Å². The van der Waals surface area contributed by atoms with Crippen LogP contribution in [0.25, 0.3) is 0 Å². The fourth-order valence-electron chi connectivity index (χ4n) is 3.71. The molecule has 1 fully saturated rings. The lowest BCUT2D eigenvalue weighted by molar-refractivity contribution is -0.0436. The summed E-state index contributed by atoms with van der Waals surface area (Å²) in [5.74, 6) is -1.94. The van der Waals surface area contributed by atoms with Crippen LogP contribution >= 0.6 is 12.2 Å². The first-order chi connectivity index (χ1) is 17.4. The minimum absolute atomic E-state index is 0.0986. The van der Waals surface area contributed by atoms with Gasteiger partial charge in [-0.2, -0.15) is 0 Å². The number of hydrogen-bond donors (Lipinski definition) is 1. The molecule has 0 saturated carbocycles. The molecular weight excluding hydrogens is 482 g/mol. The predicted octanol–water partition coefficient (Wildman–Crippen LogP) is 3.35. The predicted molar refractivity (Wildman–Crippen MR) is 133 cm³/mol. The molecule has 36 heavy (non-hydrogen) atoms. The highest BCUT2D eigenvalue weighted by atomic mass is 32.1. The van der Waals surface area contributed by atoms with Gasteiger partial charge in [0, 0.05) is 0 Å².